The van der Waals surface area contributed by atoms with E-state index in [-0.39, 0.29) is 11.9 Å². The molecule has 16 heavy (non-hydrogen) atoms. The minimum absolute atomic E-state index is 0.116. The van der Waals surface area contributed by atoms with Crippen molar-refractivity contribution in [2.45, 2.75) is 6.42 Å². The zero-order valence-corrected chi connectivity index (χ0v) is 9.83. The fraction of sp³-hybridized carbons (Fsp3) is 0.800. The number of carbonyl (C=O) groups is 2. The second kappa shape index (κ2) is 4.95. The summed E-state index contributed by atoms with van der Waals surface area (Å²) in [6.07, 6.45) is 1.17. The second-order valence-electron chi connectivity index (χ2n) is 4.36. The lowest BCUT2D eigenvalue weighted by Gasteiger charge is -2.36. The molecule has 0 aromatic rings. The summed E-state index contributed by atoms with van der Waals surface area (Å²) in [5.41, 5.74) is 0. The average Bonchev–Trinajstić information content (AvgIpc) is 2.63. The van der Waals surface area contributed by atoms with Crippen molar-refractivity contribution >= 4 is 23.8 Å². The quantitative estimate of drug-likeness (QED) is 0.757. The van der Waals surface area contributed by atoms with Gasteiger partial charge in [0.1, 0.15) is 0 Å². The van der Waals surface area contributed by atoms with Gasteiger partial charge in [-0.2, -0.15) is 11.8 Å². The molecular weight excluding hydrogens is 228 g/mol. The third-order valence-corrected chi connectivity index (χ3v) is 4.32. The number of hydrogen-bond acceptors (Lipinski definition) is 3. The minimum Gasteiger partial charge on any atom is -0.481 e. The number of aliphatic carboxylic acids is 1. The highest BCUT2D eigenvalue weighted by Crippen LogP contribution is 2.22. The zero-order valence-electron chi connectivity index (χ0n) is 9.02. The van der Waals surface area contributed by atoms with E-state index in [0.717, 1.165) is 12.3 Å². The molecule has 2 N–H and O–H groups in total. The number of carbonyl (C=O) groups excluding carboxylic acids is 1. The van der Waals surface area contributed by atoms with Crippen LogP contribution in [-0.2, 0) is 4.79 Å². The molecular formula is C10H16N2O3S. The van der Waals surface area contributed by atoms with Crippen molar-refractivity contribution in [2.75, 3.05) is 31.1 Å². The summed E-state index contributed by atoms with van der Waals surface area (Å²) in [5.74, 6) is 1.72. The largest absolute Gasteiger partial charge is 0.481 e. The molecule has 0 radical (unpaired) electrons. The molecule has 0 saturated carbocycles. The van der Waals surface area contributed by atoms with Gasteiger partial charge in [-0.25, -0.2) is 4.79 Å². The molecule has 2 aliphatic heterocycles. The number of amides is 2. The van der Waals surface area contributed by atoms with Crippen molar-refractivity contribution in [3.63, 3.8) is 0 Å². The summed E-state index contributed by atoms with van der Waals surface area (Å²) in [5, 5.41) is 11.5. The monoisotopic (exact) mass is 244 g/mol. The van der Waals surface area contributed by atoms with Crippen LogP contribution in [0.2, 0.25) is 0 Å². The van der Waals surface area contributed by atoms with Crippen LogP contribution in [-0.4, -0.2) is 53.1 Å². The molecule has 0 aromatic heterocycles. The Morgan fingerprint density at radius 3 is 2.75 bits per heavy atom. The molecule has 0 aromatic carbocycles. The predicted molar refractivity (Wildman–Crippen MR) is 61.5 cm³/mol. The molecule has 2 aliphatic rings. The van der Waals surface area contributed by atoms with Crippen molar-refractivity contribution in [1.82, 2.24) is 10.2 Å². The first-order valence-electron chi connectivity index (χ1n) is 5.50. The molecule has 0 spiro atoms. The number of rotatable bonds is 3. The van der Waals surface area contributed by atoms with Gasteiger partial charge in [0, 0.05) is 19.6 Å². The Hall–Kier alpha value is -0.910. The van der Waals surface area contributed by atoms with Gasteiger partial charge < -0.3 is 15.3 Å². The van der Waals surface area contributed by atoms with E-state index in [1.807, 2.05) is 11.8 Å². The van der Waals surface area contributed by atoms with Gasteiger partial charge in [0.05, 0.1) is 5.92 Å². The molecule has 5 nitrogen and oxygen atoms in total. The smallest absolute Gasteiger partial charge is 0.317 e. The molecule has 90 valence electrons. The number of urea groups is 1. The normalized spacial score (nSPS) is 25.2. The van der Waals surface area contributed by atoms with Crippen LogP contribution in [0, 0.1) is 11.8 Å². The predicted octanol–water partition coefficient (Wildman–Crippen LogP) is 0.466. The first kappa shape index (κ1) is 11.6. The summed E-state index contributed by atoms with van der Waals surface area (Å²) < 4.78 is 0. The van der Waals surface area contributed by atoms with E-state index in [4.69, 9.17) is 5.11 Å². The SMILES string of the molecule is O=C(O)C1CN(C(=O)NCC2CCSC2)C1. The van der Waals surface area contributed by atoms with Crippen molar-refractivity contribution in [3.8, 4) is 0 Å². The first-order valence-corrected chi connectivity index (χ1v) is 6.65. The summed E-state index contributed by atoms with van der Waals surface area (Å²) in [6.45, 7) is 1.42. The Morgan fingerprint density at radius 2 is 2.19 bits per heavy atom. The molecule has 6 heteroatoms. The van der Waals surface area contributed by atoms with Crippen molar-refractivity contribution in [2.24, 2.45) is 11.8 Å². The molecule has 0 bridgehead atoms. The van der Waals surface area contributed by atoms with E-state index in [1.54, 1.807) is 4.90 Å². The lowest BCUT2D eigenvalue weighted by molar-refractivity contribution is -0.146. The Kier molecular flexibility index (Phi) is 3.58. The van der Waals surface area contributed by atoms with Gasteiger partial charge in [0.15, 0.2) is 0 Å². The van der Waals surface area contributed by atoms with Crippen LogP contribution in [0.5, 0.6) is 0 Å². The van der Waals surface area contributed by atoms with Gasteiger partial charge in [-0.3, -0.25) is 4.79 Å². The van der Waals surface area contributed by atoms with Gasteiger partial charge in [0.2, 0.25) is 0 Å². The molecule has 2 fully saturated rings. The molecule has 2 rings (SSSR count). The maximum Gasteiger partial charge on any atom is 0.317 e. The lowest BCUT2D eigenvalue weighted by Crippen LogP contribution is -2.56. The van der Waals surface area contributed by atoms with Crippen molar-refractivity contribution in [1.29, 1.82) is 0 Å². The molecule has 2 heterocycles. The number of hydrogen-bond donors (Lipinski definition) is 2. The maximum absolute atomic E-state index is 11.6. The fourth-order valence-corrected chi connectivity index (χ4v) is 3.17. The standard InChI is InChI=1S/C10H16N2O3S/c13-9(14)8-4-12(5-8)10(15)11-3-7-1-2-16-6-7/h7-8H,1-6H2,(H,11,15)(H,13,14). The lowest BCUT2D eigenvalue weighted by atomic mass is 10.0. The van der Waals surface area contributed by atoms with Gasteiger partial charge in [-0.15, -0.1) is 0 Å². The van der Waals surface area contributed by atoms with E-state index in [1.165, 1.54) is 12.2 Å². The van der Waals surface area contributed by atoms with Crippen LogP contribution in [0.15, 0.2) is 0 Å². The van der Waals surface area contributed by atoms with E-state index in [2.05, 4.69) is 5.32 Å². The van der Waals surface area contributed by atoms with Gasteiger partial charge in [-0.1, -0.05) is 0 Å². The molecule has 2 saturated heterocycles. The third-order valence-electron chi connectivity index (χ3n) is 3.08. The molecule has 1 unspecified atom stereocenters. The zero-order chi connectivity index (χ0) is 11.5. The summed E-state index contributed by atoms with van der Waals surface area (Å²) in [7, 11) is 0. The fourth-order valence-electron chi connectivity index (χ4n) is 1.89. The van der Waals surface area contributed by atoms with Crippen LogP contribution >= 0.6 is 11.8 Å². The summed E-state index contributed by atoms with van der Waals surface area (Å²) in [6, 6.07) is -0.116. The summed E-state index contributed by atoms with van der Waals surface area (Å²) in [4.78, 5) is 23.7. The number of nitrogens with zero attached hydrogens (tertiary/aromatic N) is 1. The Morgan fingerprint density at radius 1 is 1.44 bits per heavy atom. The number of nitrogens with one attached hydrogen (secondary N) is 1. The molecule has 1 atom stereocenters. The summed E-state index contributed by atoms with van der Waals surface area (Å²) >= 11 is 1.92. The topological polar surface area (TPSA) is 69.6 Å². The van der Waals surface area contributed by atoms with Crippen molar-refractivity contribution < 1.29 is 14.7 Å². The third kappa shape index (κ3) is 2.61. The van der Waals surface area contributed by atoms with E-state index >= 15 is 0 Å². The average molecular weight is 244 g/mol. The highest BCUT2D eigenvalue weighted by Gasteiger charge is 2.35. The number of carboxylic acid groups (broad SMARTS) is 1. The number of thioether (sulfide) groups is 1. The number of carboxylic acids is 1. The van der Waals surface area contributed by atoms with Crippen LogP contribution in [0.25, 0.3) is 0 Å². The van der Waals surface area contributed by atoms with Crippen LogP contribution in [0.3, 0.4) is 0 Å². The molecule has 2 amide bonds. The Balaban J connectivity index is 1.64. The second-order valence-corrected chi connectivity index (χ2v) is 5.51. The van der Waals surface area contributed by atoms with E-state index < -0.39 is 5.97 Å². The Labute approximate surface area is 98.6 Å². The van der Waals surface area contributed by atoms with Crippen LogP contribution < -0.4 is 5.32 Å². The van der Waals surface area contributed by atoms with Gasteiger partial charge in [0.25, 0.3) is 0 Å². The van der Waals surface area contributed by atoms with Crippen molar-refractivity contribution in [3.05, 3.63) is 0 Å². The highest BCUT2D eigenvalue weighted by atomic mass is 32.2. The van der Waals surface area contributed by atoms with Crippen LogP contribution in [0.1, 0.15) is 6.42 Å². The minimum atomic E-state index is -0.809. The highest BCUT2D eigenvalue weighted by molar-refractivity contribution is 7.99. The van der Waals surface area contributed by atoms with E-state index in [9.17, 15) is 9.59 Å². The van der Waals surface area contributed by atoms with Gasteiger partial charge >= 0.3 is 12.0 Å². The number of likely N-dealkylation sites (tertiary alicyclic amines) is 1. The first-order chi connectivity index (χ1) is 7.66. The Bertz CT molecular complexity index is 286. The maximum atomic E-state index is 11.6. The van der Waals surface area contributed by atoms with E-state index in [0.29, 0.717) is 19.0 Å². The van der Waals surface area contributed by atoms with Crippen LogP contribution in [0.4, 0.5) is 4.79 Å². The van der Waals surface area contributed by atoms with Gasteiger partial charge in [-0.05, 0) is 23.8 Å². The molecule has 0 aliphatic carbocycles.